The number of imidazole rings is 1. The lowest BCUT2D eigenvalue weighted by Crippen LogP contribution is -2.50. The van der Waals surface area contributed by atoms with Crippen molar-refractivity contribution in [3.8, 4) is 0 Å². The van der Waals surface area contributed by atoms with Gasteiger partial charge >= 0.3 is 12.0 Å². The number of nitro groups is 1. The molecule has 2 aromatic rings. The van der Waals surface area contributed by atoms with Crippen LogP contribution in [0.3, 0.4) is 0 Å². The number of rotatable bonds is 4. The summed E-state index contributed by atoms with van der Waals surface area (Å²) in [6.07, 6.45) is -2.67. The first-order valence-corrected chi connectivity index (χ1v) is 7.36. The van der Waals surface area contributed by atoms with Crippen LogP contribution in [0.4, 0.5) is 24.8 Å². The van der Waals surface area contributed by atoms with Crippen molar-refractivity contribution >= 4 is 23.2 Å². The van der Waals surface area contributed by atoms with E-state index in [1.165, 1.54) is 12.1 Å². The number of carbonyl (C=O) groups excluding carboxylic acids is 1. The predicted octanol–water partition coefficient (Wildman–Crippen LogP) is 1.60. The summed E-state index contributed by atoms with van der Waals surface area (Å²) >= 11 is 0. The maximum Gasteiger partial charge on any atom is 0.406 e. The van der Waals surface area contributed by atoms with Gasteiger partial charge in [0.25, 0.3) is 0 Å². The van der Waals surface area contributed by atoms with Crippen molar-refractivity contribution in [3.63, 3.8) is 0 Å². The maximum atomic E-state index is 12.5. The van der Waals surface area contributed by atoms with E-state index in [0.717, 1.165) is 15.6 Å². The monoisotopic (exact) mass is 358 g/mol. The number of piperidine rings is 1. The molecule has 1 unspecified atom stereocenters. The van der Waals surface area contributed by atoms with Crippen molar-refractivity contribution in [1.82, 2.24) is 19.5 Å². The summed E-state index contributed by atoms with van der Waals surface area (Å²) in [7, 11) is 0. The summed E-state index contributed by atoms with van der Waals surface area (Å²) in [6, 6.07) is 2.05. The van der Waals surface area contributed by atoms with E-state index in [1.54, 1.807) is 0 Å². The van der Waals surface area contributed by atoms with E-state index >= 15 is 0 Å². The molecule has 1 amide bonds. The fourth-order valence-electron chi connectivity index (χ4n) is 2.69. The molecule has 0 radical (unpaired) electrons. The summed E-state index contributed by atoms with van der Waals surface area (Å²) in [5, 5.41) is 17.7. The highest BCUT2D eigenvalue weighted by Gasteiger charge is 2.37. The SMILES string of the molecule is O=C1C(Nc2ccc3ncc([N+](=O)[O-])n3n2)CCCN1CC(F)(F)F. The molecule has 3 heterocycles. The second-order valence-corrected chi connectivity index (χ2v) is 5.58. The molecule has 1 aliphatic heterocycles. The average Bonchev–Trinajstić information content (AvgIpc) is 2.93. The number of hydrogen-bond acceptors (Lipinski definition) is 6. The quantitative estimate of drug-likeness (QED) is 0.657. The van der Waals surface area contributed by atoms with Gasteiger partial charge in [0.1, 0.15) is 18.8 Å². The molecule has 1 aliphatic rings. The van der Waals surface area contributed by atoms with E-state index in [4.69, 9.17) is 0 Å². The first-order valence-electron chi connectivity index (χ1n) is 7.36. The predicted molar refractivity (Wildman–Crippen MR) is 78.9 cm³/mol. The standard InChI is InChI=1S/C13H13F3N6O3/c14-13(15,16)7-20-5-1-2-8(12(20)23)18-9-3-4-10-17-6-11(22(24)25)21(10)19-9/h3-4,6,8H,1-2,5,7H2,(H,18,19). The zero-order valence-electron chi connectivity index (χ0n) is 12.7. The number of likely N-dealkylation sites (tertiary alicyclic amines) is 1. The van der Waals surface area contributed by atoms with Gasteiger partial charge in [0.2, 0.25) is 11.6 Å². The molecule has 1 atom stereocenters. The van der Waals surface area contributed by atoms with Crippen LogP contribution in [-0.4, -0.2) is 55.6 Å². The molecule has 2 aromatic heterocycles. The summed E-state index contributed by atoms with van der Waals surface area (Å²) in [4.78, 5) is 27.0. The van der Waals surface area contributed by atoms with E-state index in [-0.39, 0.29) is 23.8 Å². The second-order valence-electron chi connectivity index (χ2n) is 5.58. The smallest absolute Gasteiger partial charge is 0.358 e. The number of hydrogen-bond donors (Lipinski definition) is 1. The molecule has 9 nitrogen and oxygen atoms in total. The van der Waals surface area contributed by atoms with Crippen LogP contribution in [0, 0.1) is 10.1 Å². The molecule has 12 heteroatoms. The van der Waals surface area contributed by atoms with Crippen LogP contribution < -0.4 is 5.32 Å². The minimum absolute atomic E-state index is 0.0377. The van der Waals surface area contributed by atoms with E-state index in [9.17, 15) is 28.1 Å². The van der Waals surface area contributed by atoms with Gasteiger partial charge in [-0.25, -0.2) is 4.98 Å². The minimum atomic E-state index is -4.47. The number of anilines is 1. The largest absolute Gasteiger partial charge is 0.406 e. The molecule has 0 saturated carbocycles. The van der Waals surface area contributed by atoms with Crippen molar-refractivity contribution in [3.05, 3.63) is 28.4 Å². The van der Waals surface area contributed by atoms with Gasteiger partial charge in [-0.2, -0.15) is 13.2 Å². The lowest BCUT2D eigenvalue weighted by Gasteiger charge is -2.33. The average molecular weight is 358 g/mol. The number of amides is 1. The molecule has 0 aromatic carbocycles. The molecule has 3 rings (SSSR count). The first-order chi connectivity index (χ1) is 11.7. The third-order valence-corrected chi connectivity index (χ3v) is 3.75. The van der Waals surface area contributed by atoms with Crippen LogP contribution in [0.5, 0.6) is 0 Å². The highest BCUT2D eigenvalue weighted by molar-refractivity contribution is 5.85. The molecule has 0 bridgehead atoms. The number of nitrogens with zero attached hydrogens (tertiary/aromatic N) is 5. The Balaban J connectivity index is 1.79. The maximum absolute atomic E-state index is 12.5. The highest BCUT2D eigenvalue weighted by Crippen LogP contribution is 2.22. The van der Waals surface area contributed by atoms with Gasteiger partial charge in [0, 0.05) is 12.6 Å². The molecule has 1 N–H and O–H groups in total. The van der Waals surface area contributed by atoms with Gasteiger partial charge in [0.05, 0.1) is 0 Å². The summed E-state index contributed by atoms with van der Waals surface area (Å²) in [5.74, 6) is -0.890. The molecule has 0 spiro atoms. The molecular formula is C13H13F3N6O3. The fourth-order valence-corrected chi connectivity index (χ4v) is 2.69. The number of alkyl halides is 3. The van der Waals surface area contributed by atoms with Crippen LogP contribution in [0.1, 0.15) is 12.8 Å². The zero-order valence-corrected chi connectivity index (χ0v) is 12.7. The Kier molecular flexibility index (Phi) is 4.18. The highest BCUT2D eigenvalue weighted by atomic mass is 19.4. The van der Waals surface area contributed by atoms with Crippen molar-refractivity contribution in [2.75, 3.05) is 18.4 Å². The Morgan fingerprint density at radius 1 is 1.40 bits per heavy atom. The first kappa shape index (κ1) is 16.9. The third kappa shape index (κ3) is 3.61. The van der Waals surface area contributed by atoms with Crippen LogP contribution in [-0.2, 0) is 4.79 Å². The van der Waals surface area contributed by atoms with Crippen LogP contribution in [0.2, 0.25) is 0 Å². The Hall–Kier alpha value is -2.92. The van der Waals surface area contributed by atoms with Crippen LogP contribution in [0.25, 0.3) is 5.65 Å². The van der Waals surface area contributed by atoms with Crippen molar-refractivity contribution < 1.29 is 22.9 Å². The summed E-state index contributed by atoms with van der Waals surface area (Å²) < 4.78 is 38.6. The van der Waals surface area contributed by atoms with E-state index < -0.39 is 29.6 Å². The van der Waals surface area contributed by atoms with E-state index in [0.29, 0.717) is 12.8 Å². The van der Waals surface area contributed by atoms with Gasteiger partial charge in [-0.05, 0) is 23.8 Å². The Bertz CT molecular complexity index is 821. The molecule has 0 aliphatic carbocycles. The van der Waals surface area contributed by atoms with Gasteiger partial charge in [-0.3, -0.25) is 4.79 Å². The van der Waals surface area contributed by atoms with Crippen molar-refractivity contribution in [1.29, 1.82) is 0 Å². The Morgan fingerprint density at radius 3 is 2.84 bits per heavy atom. The van der Waals surface area contributed by atoms with E-state index in [2.05, 4.69) is 15.4 Å². The van der Waals surface area contributed by atoms with Crippen molar-refractivity contribution in [2.45, 2.75) is 25.1 Å². The third-order valence-electron chi connectivity index (χ3n) is 3.75. The van der Waals surface area contributed by atoms with Gasteiger partial charge in [0.15, 0.2) is 5.82 Å². The topological polar surface area (TPSA) is 106 Å². The minimum Gasteiger partial charge on any atom is -0.358 e. The van der Waals surface area contributed by atoms with Gasteiger partial charge < -0.3 is 20.3 Å². The normalized spacial score (nSPS) is 18.6. The second kappa shape index (κ2) is 6.18. The number of fused-ring (bicyclic) bond motifs is 1. The summed E-state index contributed by atoms with van der Waals surface area (Å²) in [5.41, 5.74) is 0.242. The Labute approximate surface area is 138 Å². The van der Waals surface area contributed by atoms with Gasteiger partial charge in [-0.15, -0.1) is 0 Å². The Morgan fingerprint density at radius 2 is 2.16 bits per heavy atom. The number of carbonyl (C=O) groups is 1. The van der Waals surface area contributed by atoms with Crippen molar-refractivity contribution in [2.24, 2.45) is 0 Å². The lowest BCUT2D eigenvalue weighted by molar-refractivity contribution is -0.391. The van der Waals surface area contributed by atoms with Crippen LogP contribution >= 0.6 is 0 Å². The van der Waals surface area contributed by atoms with Gasteiger partial charge in [-0.1, -0.05) is 9.61 Å². The lowest BCUT2D eigenvalue weighted by atomic mass is 10.0. The number of nitrogens with one attached hydrogen (secondary N) is 1. The number of aromatic nitrogens is 3. The van der Waals surface area contributed by atoms with E-state index in [1.807, 2.05) is 0 Å². The molecule has 1 fully saturated rings. The molecule has 134 valence electrons. The molecule has 1 saturated heterocycles. The summed E-state index contributed by atoms with van der Waals surface area (Å²) in [6.45, 7) is -1.26. The number of halogens is 3. The molecular weight excluding hydrogens is 345 g/mol. The van der Waals surface area contributed by atoms with Crippen LogP contribution in [0.15, 0.2) is 18.3 Å². The fraction of sp³-hybridized carbons (Fsp3) is 0.462. The zero-order chi connectivity index (χ0) is 18.2. The molecule has 25 heavy (non-hydrogen) atoms.